The summed E-state index contributed by atoms with van der Waals surface area (Å²) in [5, 5.41) is 9.49. The lowest BCUT2D eigenvalue weighted by atomic mass is 9.77. The van der Waals surface area contributed by atoms with Gasteiger partial charge in [-0.1, -0.05) is 12.2 Å². The molecule has 0 unspecified atom stereocenters. The van der Waals surface area contributed by atoms with Crippen molar-refractivity contribution in [1.82, 2.24) is 4.90 Å². The van der Waals surface area contributed by atoms with E-state index in [1.807, 2.05) is 12.1 Å². The Morgan fingerprint density at radius 3 is 2.88 bits per heavy atom. The maximum atomic E-state index is 12.9. The van der Waals surface area contributed by atoms with Gasteiger partial charge in [-0.3, -0.25) is 9.59 Å². The summed E-state index contributed by atoms with van der Waals surface area (Å²) in [4.78, 5) is 26.1. The molecule has 4 rings (SSSR count). The number of hydrogen-bond acceptors (Lipinski definition) is 5. The number of likely N-dealkylation sites (tertiary alicyclic amines) is 1. The third-order valence-electron chi connectivity index (χ3n) is 5.32. The van der Waals surface area contributed by atoms with Gasteiger partial charge in [-0.25, -0.2) is 0 Å². The molecule has 1 amide bonds. The van der Waals surface area contributed by atoms with E-state index in [9.17, 15) is 14.7 Å². The van der Waals surface area contributed by atoms with Crippen LogP contribution in [-0.2, 0) is 20.9 Å². The predicted octanol–water partition coefficient (Wildman–Crippen LogP) is 1.07. The van der Waals surface area contributed by atoms with Crippen LogP contribution in [0, 0.1) is 11.8 Å². The summed E-state index contributed by atoms with van der Waals surface area (Å²) in [6.45, 7) is 0.681. The Balaban J connectivity index is 1.61. The fourth-order valence-corrected chi connectivity index (χ4v) is 4.18. The van der Waals surface area contributed by atoms with Crippen molar-refractivity contribution in [1.29, 1.82) is 0 Å². The topological polar surface area (TPSA) is 85.3 Å². The van der Waals surface area contributed by atoms with Crippen LogP contribution in [0.4, 0.5) is 0 Å². The Morgan fingerprint density at radius 2 is 2.20 bits per heavy atom. The van der Waals surface area contributed by atoms with E-state index in [1.54, 1.807) is 37.3 Å². The number of aliphatic carboxylic acids is 1. The van der Waals surface area contributed by atoms with Crippen molar-refractivity contribution in [2.75, 3.05) is 20.8 Å². The van der Waals surface area contributed by atoms with Gasteiger partial charge in [0, 0.05) is 18.2 Å². The van der Waals surface area contributed by atoms with Gasteiger partial charge in [-0.15, -0.1) is 0 Å². The van der Waals surface area contributed by atoms with Crippen LogP contribution in [-0.4, -0.2) is 54.4 Å². The minimum Gasteiger partial charge on any atom is -0.497 e. The van der Waals surface area contributed by atoms with Crippen molar-refractivity contribution in [3.8, 4) is 11.5 Å². The maximum Gasteiger partial charge on any atom is 0.310 e. The van der Waals surface area contributed by atoms with Crippen LogP contribution in [0.5, 0.6) is 11.5 Å². The van der Waals surface area contributed by atoms with E-state index >= 15 is 0 Å². The van der Waals surface area contributed by atoms with E-state index < -0.39 is 29.5 Å². The van der Waals surface area contributed by atoms with Crippen LogP contribution in [0.2, 0.25) is 0 Å². The fourth-order valence-electron chi connectivity index (χ4n) is 4.18. The van der Waals surface area contributed by atoms with Crippen molar-refractivity contribution < 1.29 is 28.9 Å². The van der Waals surface area contributed by atoms with Crippen molar-refractivity contribution in [3.63, 3.8) is 0 Å². The van der Waals surface area contributed by atoms with E-state index in [1.165, 1.54) is 0 Å². The molecule has 0 aliphatic carbocycles. The molecular formula is C18H19NO6. The molecule has 4 atom stereocenters. The van der Waals surface area contributed by atoms with E-state index in [0.29, 0.717) is 24.6 Å². The third kappa shape index (κ3) is 2.22. The number of carboxylic acid groups (broad SMARTS) is 1. The van der Waals surface area contributed by atoms with Gasteiger partial charge in [0.2, 0.25) is 5.91 Å². The predicted molar refractivity (Wildman–Crippen MR) is 86.3 cm³/mol. The highest BCUT2D eigenvalue weighted by Crippen LogP contribution is 2.52. The number of amides is 1. The molecule has 132 valence electrons. The second kappa shape index (κ2) is 5.49. The van der Waals surface area contributed by atoms with Crippen LogP contribution >= 0.6 is 0 Å². The first-order valence-electron chi connectivity index (χ1n) is 8.09. The Bertz CT molecular complexity index is 775. The second-order valence-electron chi connectivity index (χ2n) is 6.61. The first kappa shape index (κ1) is 16.0. The van der Waals surface area contributed by atoms with E-state index in [0.717, 1.165) is 5.56 Å². The number of nitrogens with zero attached hydrogens (tertiary/aromatic N) is 1. The Labute approximate surface area is 144 Å². The molecule has 1 aromatic rings. The molecule has 7 heteroatoms. The van der Waals surface area contributed by atoms with Crippen LogP contribution in [0.25, 0.3) is 0 Å². The SMILES string of the molecule is COc1ccc(CN2C[C@]34C=C[C@H](O3)[C@H](C(=O)O)[C@@H]4C2=O)c(OC)c1. The van der Waals surface area contributed by atoms with Crippen molar-refractivity contribution in [3.05, 3.63) is 35.9 Å². The smallest absolute Gasteiger partial charge is 0.310 e. The molecule has 7 nitrogen and oxygen atoms in total. The quantitative estimate of drug-likeness (QED) is 0.804. The van der Waals surface area contributed by atoms with Gasteiger partial charge in [0.25, 0.3) is 0 Å². The van der Waals surface area contributed by atoms with Gasteiger partial charge < -0.3 is 24.2 Å². The van der Waals surface area contributed by atoms with Gasteiger partial charge in [-0.2, -0.15) is 0 Å². The van der Waals surface area contributed by atoms with Gasteiger partial charge in [-0.05, 0) is 12.1 Å². The summed E-state index contributed by atoms with van der Waals surface area (Å²) in [5.74, 6) is -1.36. The summed E-state index contributed by atoms with van der Waals surface area (Å²) >= 11 is 0. The Morgan fingerprint density at radius 1 is 1.40 bits per heavy atom. The zero-order chi connectivity index (χ0) is 17.8. The number of benzene rings is 1. The molecule has 2 saturated heterocycles. The molecule has 3 aliphatic heterocycles. The van der Waals surface area contributed by atoms with Crippen molar-refractivity contribution in [2.24, 2.45) is 11.8 Å². The summed E-state index contributed by atoms with van der Waals surface area (Å²) in [6.07, 6.45) is 3.11. The first-order valence-corrected chi connectivity index (χ1v) is 8.09. The first-order chi connectivity index (χ1) is 12.0. The number of hydrogen-bond donors (Lipinski definition) is 1. The second-order valence-corrected chi connectivity index (χ2v) is 6.61. The zero-order valence-corrected chi connectivity index (χ0v) is 14.0. The van der Waals surface area contributed by atoms with Gasteiger partial charge in [0.1, 0.15) is 23.0 Å². The molecule has 25 heavy (non-hydrogen) atoms. The molecule has 1 aromatic carbocycles. The minimum atomic E-state index is -0.988. The van der Waals surface area contributed by atoms with Gasteiger partial charge >= 0.3 is 5.97 Å². The number of rotatable bonds is 5. The molecule has 0 saturated carbocycles. The van der Waals surface area contributed by atoms with E-state index in [2.05, 4.69) is 0 Å². The van der Waals surface area contributed by atoms with Crippen LogP contribution in [0.15, 0.2) is 30.4 Å². The molecule has 0 aromatic heterocycles. The highest BCUT2D eigenvalue weighted by molar-refractivity contribution is 5.90. The minimum absolute atomic E-state index is 0.183. The summed E-state index contributed by atoms with van der Waals surface area (Å²) in [6, 6.07) is 5.41. The maximum absolute atomic E-state index is 12.9. The molecule has 2 bridgehead atoms. The number of carboxylic acids is 1. The van der Waals surface area contributed by atoms with Crippen LogP contribution in [0.1, 0.15) is 5.56 Å². The highest BCUT2D eigenvalue weighted by Gasteiger charge is 2.67. The largest absolute Gasteiger partial charge is 0.497 e. The average Bonchev–Trinajstić information content (AvgIpc) is 3.23. The molecule has 3 heterocycles. The Hall–Kier alpha value is -2.54. The molecule has 0 radical (unpaired) electrons. The van der Waals surface area contributed by atoms with Gasteiger partial charge in [0.15, 0.2) is 0 Å². The standard InChI is InChI=1S/C18H19NO6/c1-23-11-4-3-10(13(7-11)24-2)8-19-9-18-6-5-12(25-18)14(17(21)22)15(18)16(19)20/h3-7,12,14-15H,8-9H2,1-2H3,(H,21,22)/t12-,14-,15+,18-/m0/s1. The lowest BCUT2D eigenvalue weighted by Crippen LogP contribution is -2.39. The third-order valence-corrected chi connectivity index (χ3v) is 5.32. The van der Waals surface area contributed by atoms with Crippen LogP contribution < -0.4 is 9.47 Å². The molecular weight excluding hydrogens is 326 g/mol. The van der Waals surface area contributed by atoms with E-state index in [4.69, 9.17) is 14.2 Å². The summed E-state index contributed by atoms with van der Waals surface area (Å²) in [7, 11) is 3.14. The zero-order valence-electron chi connectivity index (χ0n) is 14.0. The molecule has 1 N–H and O–H groups in total. The van der Waals surface area contributed by atoms with Gasteiger partial charge in [0.05, 0.1) is 32.8 Å². The summed E-state index contributed by atoms with van der Waals surface area (Å²) in [5.41, 5.74) is 0.0169. The van der Waals surface area contributed by atoms with Crippen LogP contribution in [0.3, 0.4) is 0 Å². The number of fused-ring (bicyclic) bond motifs is 1. The number of carbonyl (C=O) groups is 2. The molecule has 1 spiro atoms. The van der Waals surface area contributed by atoms with Crippen molar-refractivity contribution >= 4 is 11.9 Å². The molecule has 3 aliphatic rings. The normalized spacial score (nSPS) is 32.2. The number of methoxy groups -OCH3 is 2. The monoisotopic (exact) mass is 345 g/mol. The molecule has 2 fully saturated rings. The highest BCUT2D eigenvalue weighted by atomic mass is 16.5. The fraction of sp³-hybridized carbons (Fsp3) is 0.444. The lowest BCUT2D eigenvalue weighted by Gasteiger charge is -2.22. The summed E-state index contributed by atoms with van der Waals surface area (Å²) < 4.78 is 16.5. The average molecular weight is 345 g/mol. The van der Waals surface area contributed by atoms with Crippen molar-refractivity contribution in [2.45, 2.75) is 18.2 Å². The number of ether oxygens (including phenoxy) is 3. The lowest BCUT2D eigenvalue weighted by molar-refractivity contribution is -0.148. The Kier molecular flexibility index (Phi) is 3.50. The van der Waals surface area contributed by atoms with E-state index in [-0.39, 0.29) is 5.91 Å². The number of carbonyl (C=O) groups excluding carboxylic acids is 1.